The monoisotopic (exact) mass is 369 g/mol. The molecule has 2 atom stereocenters. The quantitative estimate of drug-likeness (QED) is 0.882. The number of benzene rings is 1. The maximum absolute atomic E-state index is 13.0. The molecule has 1 aromatic carbocycles. The normalized spacial score (nSPS) is 18.0. The second-order valence-electron chi connectivity index (χ2n) is 7.00. The Hall–Kier alpha value is -2.76. The lowest BCUT2D eigenvalue weighted by atomic mass is 9.96. The molecule has 0 aliphatic carbocycles. The second-order valence-corrected chi connectivity index (χ2v) is 7.00. The van der Waals surface area contributed by atoms with E-state index in [1.807, 2.05) is 19.1 Å². The molecule has 0 radical (unpaired) electrons. The van der Waals surface area contributed by atoms with Crippen LogP contribution in [0.25, 0.3) is 0 Å². The highest BCUT2D eigenvalue weighted by atomic mass is 19.1. The minimum atomic E-state index is -0.316. The second kappa shape index (κ2) is 8.75. The number of rotatable bonds is 5. The van der Waals surface area contributed by atoms with Gasteiger partial charge in [-0.1, -0.05) is 18.2 Å². The van der Waals surface area contributed by atoms with E-state index in [-0.39, 0.29) is 36.0 Å². The van der Waals surface area contributed by atoms with Gasteiger partial charge in [-0.3, -0.25) is 14.6 Å². The Kier molecular flexibility index (Phi) is 6.16. The van der Waals surface area contributed by atoms with Crippen LogP contribution in [0.5, 0.6) is 0 Å². The number of likely N-dealkylation sites (tertiary alicyclic amines) is 1. The number of carbonyl (C=O) groups excluding carboxylic acids is 2. The summed E-state index contributed by atoms with van der Waals surface area (Å²) >= 11 is 0. The van der Waals surface area contributed by atoms with Crippen LogP contribution < -0.4 is 5.32 Å². The zero-order chi connectivity index (χ0) is 19.2. The summed E-state index contributed by atoms with van der Waals surface area (Å²) in [5, 5.41) is 3.02. The average molecular weight is 369 g/mol. The summed E-state index contributed by atoms with van der Waals surface area (Å²) in [6.07, 6.45) is 5.23. The molecule has 6 heteroatoms. The molecular weight excluding hydrogens is 345 g/mol. The fourth-order valence-corrected chi connectivity index (χ4v) is 3.35. The Morgan fingerprint density at radius 2 is 2.07 bits per heavy atom. The summed E-state index contributed by atoms with van der Waals surface area (Å²) in [5.74, 6) is -0.594. The van der Waals surface area contributed by atoms with E-state index in [4.69, 9.17) is 0 Å². The lowest BCUT2D eigenvalue weighted by Gasteiger charge is -2.32. The molecule has 2 aromatic rings. The minimum absolute atomic E-state index is 0.0283. The van der Waals surface area contributed by atoms with Crippen LogP contribution >= 0.6 is 0 Å². The zero-order valence-electron chi connectivity index (χ0n) is 15.4. The van der Waals surface area contributed by atoms with Crippen LogP contribution in [0, 0.1) is 11.7 Å². The third-order valence-corrected chi connectivity index (χ3v) is 4.96. The number of pyridine rings is 1. The van der Waals surface area contributed by atoms with Crippen LogP contribution in [0.1, 0.15) is 36.9 Å². The molecule has 1 aliphatic heterocycles. The number of nitrogens with one attached hydrogen (secondary N) is 1. The SMILES string of the molecule is C[C@@H](NC(=O)[C@@H]1CCCN(C(=O)Cc2ccc(F)cc2)C1)c1cccnc1. The summed E-state index contributed by atoms with van der Waals surface area (Å²) < 4.78 is 13.0. The van der Waals surface area contributed by atoms with Crippen molar-refractivity contribution in [2.45, 2.75) is 32.2 Å². The molecule has 27 heavy (non-hydrogen) atoms. The van der Waals surface area contributed by atoms with Gasteiger partial charge in [-0.15, -0.1) is 0 Å². The van der Waals surface area contributed by atoms with Crippen molar-refractivity contribution in [2.24, 2.45) is 5.92 Å². The Balaban J connectivity index is 1.55. The van der Waals surface area contributed by atoms with Gasteiger partial charge < -0.3 is 10.2 Å². The van der Waals surface area contributed by atoms with Crippen molar-refractivity contribution in [1.29, 1.82) is 0 Å². The summed E-state index contributed by atoms with van der Waals surface area (Å²) in [7, 11) is 0. The van der Waals surface area contributed by atoms with E-state index in [9.17, 15) is 14.0 Å². The average Bonchev–Trinajstić information content (AvgIpc) is 2.70. The van der Waals surface area contributed by atoms with E-state index >= 15 is 0 Å². The first kappa shape index (κ1) is 19.0. The topological polar surface area (TPSA) is 62.3 Å². The minimum Gasteiger partial charge on any atom is -0.349 e. The molecule has 1 N–H and O–H groups in total. The standard InChI is InChI=1S/C21H24FN3O2/c1-15(17-4-2-10-23-13-17)24-21(27)18-5-3-11-25(14-18)20(26)12-16-6-8-19(22)9-7-16/h2,4,6-10,13,15,18H,3,5,11-12,14H2,1H3,(H,24,27)/t15-,18-/m1/s1. The number of hydrogen-bond acceptors (Lipinski definition) is 3. The molecule has 2 amide bonds. The van der Waals surface area contributed by atoms with E-state index in [0.717, 1.165) is 24.0 Å². The van der Waals surface area contributed by atoms with Crippen LogP contribution in [-0.2, 0) is 16.0 Å². The van der Waals surface area contributed by atoms with Crippen molar-refractivity contribution in [3.8, 4) is 0 Å². The number of aromatic nitrogens is 1. The van der Waals surface area contributed by atoms with Gasteiger partial charge >= 0.3 is 0 Å². The first-order chi connectivity index (χ1) is 13.0. The van der Waals surface area contributed by atoms with Crippen molar-refractivity contribution in [3.63, 3.8) is 0 Å². The molecule has 1 aromatic heterocycles. The number of hydrogen-bond donors (Lipinski definition) is 1. The number of amides is 2. The van der Waals surface area contributed by atoms with Gasteiger partial charge in [0.15, 0.2) is 0 Å². The van der Waals surface area contributed by atoms with E-state index in [1.54, 1.807) is 29.4 Å². The van der Waals surface area contributed by atoms with Crippen LogP contribution in [0.3, 0.4) is 0 Å². The lowest BCUT2D eigenvalue weighted by molar-refractivity contribution is -0.135. The van der Waals surface area contributed by atoms with Gasteiger partial charge in [0.05, 0.1) is 18.4 Å². The fraction of sp³-hybridized carbons (Fsp3) is 0.381. The Labute approximate surface area is 158 Å². The number of nitrogens with zero attached hydrogens (tertiary/aromatic N) is 2. The number of carbonyl (C=O) groups is 2. The zero-order valence-corrected chi connectivity index (χ0v) is 15.4. The molecule has 0 unspecified atom stereocenters. The number of halogens is 1. The Morgan fingerprint density at radius 3 is 2.78 bits per heavy atom. The van der Waals surface area contributed by atoms with Gasteiger partial charge in [0.1, 0.15) is 5.82 Å². The molecule has 1 aliphatic rings. The maximum Gasteiger partial charge on any atom is 0.227 e. The fourth-order valence-electron chi connectivity index (χ4n) is 3.35. The maximum atomic E-state index is 13.0. The predicted octanol–water partition coefficient (Wildman–Crippen LogP) is 2.88. The molecule has 5 nitrogen and oxygen atoms in total. The molecule has 0 spiro atoms. The van der Waals surface area contributed by atoms with Gasteiger partial charge in [-0.2, -0.15) is 0 Å². The van der Waals surface area contributed by atoms with E-state index in [0.29, 0.717) is 13.1 Å². The van der Waals surface area contributed by atoms with Crippen LogP contribution in [0.15, 0.2) is 48.8 Å². The summed E-state index contributed by atoms with van der Waals surface area (Å²) in [5.41, 5.74) is 1.73. The first-order valence-electron chi connectivity index (χ1n) is 9.25. The highest BCUT2D eigenvalue weighted by molar-refractivity contribution is 5.82. The highest BCUT2D eigenvalue weighted by Crippen LogP contribution is 2.20. The van der Waals surface area contributed by atoms with E-state index < -0.39 is 0 Å². The van der Waals surface area contributed by atoms with E-state index in [1.165, 1.54) is 12.1 Å². The van der Waals surface area contributed by atoms with Gasteiger partial charge in [0.25, 0.3) is 0 Å². The third kappa shape index (κ3) is 5.12. The van der Waals surface area contributed by atoms with Crippen molar-refractivity contribution in [2.75, 3.05) is 13.1 Å². The molecule has 0 saturated carbocycles. The van der Waals surface area contributed by atoms with Gasteiger partial charge in [-0.25, -0.2) is 4.39 Å². The van der Waals surface area contributed by atoms with Crippen molar-refractivity contribution >= 4 is 11.8 Å². The van der Waals surface area contributed by atoms with E-state index in [2.05, 4.69) is 10.3 Å². The molecule has 2 heterocycles. The summed E-state index contributed by atoms with van der Waals surface area (Å²) in [6.45, 7) is 3.00. The lowest BCUT2D eigenvalue weighted by Crippen LogP contribution is -2.46. The predicted molar refractivity (Wildman–Crippen MR) is 100 cm³/mol. The molecule has 142 valence electrons. The Morgan fingerprint density at radius 1 is 1.30 bits per heavy atom. The summed E-state index contributed by atoms with van der Waals surface area (Å²) in [4.78, 5) is 31.0. The van der Waals surface area contributed by atoms with Gasteiger partial charge in [-0.05, 0) is 49.1 Å². The highest BCUT2D eigenvalue weighted by Gasteiger charge is 2.29. The summed E-state index contributed by atoms with van der Waals surface area (Å²) in [6, 6.07) is 9.60. The van der Waals surface area contributed by atoms with Crippen LogP contribution in [-0.4, -0.2) is 34.8 Å². The smallest absolute Gasteiger partial charge is 0.227 e. The van der Waals surface area contributed by atoms with Crippen LogP contribution in [0.4, 0.5) is 4.39 Å². The van der Waals surface area contributed by atoms with Crippen molar-refractivity contribution in [1.82, 2.24) is 15.2 Å². The largest absolute Gasteiger partial charge is 0.349 e. The first-order valence-corrected chi connectivity index (χ1v) is 9.25. The van der Waals surface area contributed by atoms with Crippen LogP contribution in [0.2, 0.25) is 0 Å². The molecule has 0 bridgehead atoms. The molecule has 1 saturated heterocycles. The molecular formula is C21H24FN3O2. The Bertz CT molecular complexity index is 780. The van der Waals surface area contributed by atoms with Crippen molar-refractivity contribution in [3.05, 3.63) is 65.7 Å². The molecule has 3 rings (SSSR count). The van der Waals surface area contributed by atoms with Gasteiger partial charge in [0, 0.05) is 25.5 Å². The molecule has 1 fully saturated rings. The van der Waals surface area contributed by atoms with Crippen molar-refractivity contribution < 1.29 is 14.0 Å². The number of piperidine rings is 1. The third-order valence-electron chi connectivity index (χ3n) is 4.96. The van der Waals surface area contributed by atoms with Gasteiger partial charge in [0.2, 0.25) is 11.8 Å².